The van der Waals surface area contributed by atoms with Crippen LogP contribution in [0.3, 0.4) is 0 Å². The maximum atomic E-state index is 11.9. The van der Waals surface area contributed by atoms with Gasteiger partial charge in [0.2, 0.25) is 5.91 Å². The molecule has 0 aromatic rings. The second kappa shape index (κ2) is 6.73. The fourth-order valence-corrected chi connectivity index (χ4v) is 2.72. The molecule has 0 aliphatic heterocycles. The van der Waals surface area contributed by atoms with Crippen LogP contribution in [0.4, 0.5) is 0 Å². The van der Waals surface area contributed by atoms with Crippen LogP contribution in [0.5, 0.6) is 0 Å². The first-order valence-corrected chi connectivity index (χ1v) is 6.98. The smallest absolute Gasteiger partial charge is 0.354 e. The van der Waals surface area contributed by atoms with E-state index in [0.717, 1.165) is 12.8 Å². The molecule has 4 heteroatoms. The molecule has 0 bridgehead atoms. The molecule has 0 spiro atoms. The van der Waals surface area contributed by atoms with Crippen LogP contribution in [0.25, 0.3) is 0 Å². The molecule has 0 aromatic carbocycles. The first-order chi connectivity index (χ1) is 8.81. The molecule has 0 saturated heterocycles. The maximum absolute atomic E-state index is 11.9. The molecule has 19 heavy (non-hydrogen) atoms. The van der Waals surface area contributed by atoms with E-state index in [0.29, 0.717) is 17.8 Å². The monoisotopic (exact) mass is 267 g/mol. The van der Waals surface area contributed by atoms with E-state index in [1.54, 1.807) is 0 Å². The van der Waals surface area contributed by atoms with Crippen LogP contribution in [0.2, 0.25) is 0 Å². The molecule has 0 radical (unpaired) electrons. The predicted molar refractivity (Wildman–Crippen MR) is 74.2 cm³/mol. The zero-order valence-corrected chi connectivity index (χ0v) is 12.4. The first-order valence-electron chi connectivity index (χ1n) is 6.98. The highest BCUT2D eigenvalue weighted by Gasteiger charge is 2.33. The minimum atomic E-state index is -0.514. The van der Waals surface area contributed by atoms with Crippen molar-refractivity contribution >= 4 is 11.9 Å². The summed E-state index contributed by atoms with van der Waals surface area (Å²) in [6.45, 7) is 11.4. The van der Waals surface area contributed by atoms with E-state index in [-0.39, 0.29) is 17.7 Å². The first kappa shape index (κ1) is 15.7. The zero-order valence-electron chi connectivity index (χ0n) is 12.4. The summed E-state index contributed by atoms with van der Waals surface area (Å²) in [6.07, 6.45) is 3.09. The Labute approximate surface area is 115 Å². The van der Waals surface area contributed by atoms with E-state index in [2.05, 4.69) is 32.7 Å². The maximum Gasteiger partial charge on any atom is 0.354 e. The van der Waals surface area contributed by atoms with Crippen molar-refractivity contribution < 1.29 is 14.3 Å². The van der Waals surface area contributed by atoms with Crippen molar-refractivity contribution in [2.75, 3.05) is 0 Å². The van der Waals surface area contributed by atoms with E-state index >= 15 is 0 Å². The number of nitrogens with one attached hydrogen (secondary N) is 1. The van der Waals surface area contributed by atoms with Crippen molar-refractivity contribution in [3.05, 3.63) is 12.3 Å². The number of carbonyl (C=O) groups is 2. The fraction of sp³-hybridized carbons (Fsp3) is 0.733. The van der Waals surface area contributed by atoms with Gasteiger partial charge in [0.1, 0.15) is 11.8 Å². The normalized spacial score (nSPS) is 26.9. The summed E-state index contributed by atoms with van der Waals surface area (Å²) in [4.78, 5) is 22.8. The molecule has 1 aliphatic carbocycles. The molecular weight excluding hydrogens is 242 g/mol. The van der Waals surface area contributed by atoms with Gasteiger partial charge in [-0.25, -0.2) is 4.79 Å². The molecule has 4 nitrogen and oxygen atoms in total. The van der Waals surface area contributed by atoms with E-state index in [9.17, 15) is 9.59 Å². The summed E-state index contributed by atoms with van der Waals surface area (Å²) in [5, 5.41) is 2.38. The van der Waals surface area contributed by atoms with Crippen molar-refractivity contribution in [2.24, 2.45) is 17.8 Å². The van der Waals surface area contributed by atoms with E-state index in [1.807, 2.05) is 0 Å². The van der Waals surface area contributed by atoms with Gasteiger partial charge in [-0.1, -0.05) is 33.8 Å². The largest absolute Gasteiger partial charge is 0.457 e. The number of carbonyl (C=O) groups excluding carboxylic acids is 2. The van der Waals surface area contributed by atoms with Crippen molar-refractivity contribution in [1.29, 1.82) is 0 Å². The summed E-state index contributed by atoms with van der Waals surface area (Å²) in [6, 6.07) is 0. The number of amides is 1. The van der Waals surface area contributed by atoms with Gasteiger partial charge >= 0.3 is 5.97 Å². The van der Waals surface area contributed by atoms with Gasteiger partial charge in [-0.15, -0.1) is 0 Å². The Bertz CT molecular complexity index is 362. The topological polar surface area (TPSA) is 55.4 Å². The molecule has 3 atom stereocenters. The third-order valence-corrected chi connectivity index (χ3v) is 3.79. The lowest BCUT2D eigenvalue weighted by Gasteiger charge is -2.36. The molecule has 1 saturated carbocycles. The second-order valence-corrected chi connectivity index (χ2v) is 5.93. The lowest BCUT2D eigenvalue weighted by Crippen LogP contribution is -2.37. The van der Waals surface area contributed by atoms with Crippen molar-refractivity contribution in [3.8, 4) is 0 Å². The summed E-state index contributed by atoms with van der Waals surface area (Å²) in [5.74, 6) is 0.630. The van der Waals surface area contributed by atoms with E-state index in [1.165, 1.54) is 13.3 Å². The Kier molecular flexibility index (Phi) is 5.58. The fourth-order valence-electron chi connectivity index (χ4n) is 2.72. The highest BCUT2D eigenvalue weighted by atomic mass is 16.5. The van der Waals surface area contributed by atoms with Gasteiger partial charge in [0.05, 0.1) is 0 Å². The number of rotatable bonds is 4. The molecule has 1 amide bonds. The predicted octanol–water partition coefficient (Wildman–Crippen LogP) is 2.64. The Balaban J connectivity index is 2.63. The van der Waals surface area contributed by atoms with E-state index in [4.69, 9.17) is 4.74 Å². The number of esters is 1. The van der Waals surface area contributed by atoms with Gasteiger partial charge in [-0.2, -0.15) is 0 Å². The van der Waals surface area contributed by atoms with Crippen molar-refractivity contribution in [2.45, 2.75) is 53.1 Å². The van der Waals surface area contributed by atoms with E-state index < -0.39 is 5.97 Å². The SMILES string of the molecule is C=C(NC(C)=O)C(=O)OC1C[C@H](C)CC[C@H]1C(C)C. The summed E-state index contributed by atoms with van der Waals surface area (Å²) in [7, 11) is 0. The highest BCUT2D eigenvalue weighted by molar-refractivity contribution is 5.92. The number of ether oxygens (including phenoxy) is 1. The van der Waals surface area contributed by atoms with Crippen LogP contribution in [0.1, 0.15) is 47.0 Å². The van der Waals surface area contributed by atoms with Crippen molar-refractivity contribution in [3.63, 3.8) is 0 Å². The van der Waals surface area contributed by atoms with Gasteiger partial charge < -0.3 is 10.1 Å². The molecule has 1 fully saturated rings. The number of hydrogen-bond donors (Lipinski definition) is 1. The average Bonchev–Trinajstić information content (AvgIpc) is 2.27. The molecule has 1 aliphatic rings. The van der Waals surface area contributed by atoms with Gasteiger partial charge in [-0.3, -0.25) is 4.79 Å². The minimum absolute atomic E-state index is 0.0215. The lowest BCUT2D eigenvalue weighted by atomic mass is 9.75. The van der Waals surface area contributed by atoms with Gasteiger partial charge in [0.15, 0.2) is 0 Å². The summed E-state index contributed by atoms with van der Waals surface area (Å²) < 4.78 is 5.55. The minimum Gasteiger partial charge on any atom is -0.457 e. The molecule has 0 aromatic heterocycles. The Morgan fingerprint density at radius 2 is 1.95 bits per heavy atom. The van der Waals surface area contributed by atoms with Crippen molar-refractivity contribution in [1.82, 2.24) is 5.32 Å². The third kappa shape index (κ3) is 4.69. The average molecular weight is 267 g/mol. The molecule has 108 valence electrons. The quantitative estimate of drug-likeness (QED) is 0.629. The number of hydrogen-bond acceptors (Lipinski definition) is 3. The van der Waals surface area contributed by atoms with Gasteiger partial charge in [-0.05, 0) is 30.6 Å². The molecule has 0 heterocycles. The summed E-state index contributed by atoms with van der Waals surface area (Å²) >= 11 is 0. The Morgan fingerprint density at radius 3 is 2.47 bits per heavy atom. The van der Waals surface area contributed by atoms with Crippen LogP contribution in [0.15, 0.2) is 12.3 Å². The molecule has 1 N–H and O–H groups in total. The zero-order chi connectivity index (χ0) is 14.6. The molecule has 1 rings (SSSR count). The lowest BCUT2D eigenvalue weighted by molar-refractivity contribution is -0.152. The van der Waals surface area contributed by atoms with Crippen LogP contribution < -0.4 is 5.32 Å². The second-order valence-electron chi connectivity index (χ2n) is 5.93. The Hall–Kier alpha value is -1.32. The van der Waals surface area contributed by atoms with Crippen LogP contribution in [0, 0.1) is 17.8 Å². The van der Waals surface area contributed by atoms with Crippen LogP contribution in [-0.4, -0.2) is 18.0 Å². The standard InChI is InChI=1S/C15H25NO3/c1-9(2)13-7-6-10(3)8-14(13)19-15(18)11(4)16-12(5)17/h9-10,13-14H,4,6-8H2,1-3,5H3,(H,16,17)/t10-,13+,14?/m1/s1. The van der Waals surface area contributed by atoms with Crippen LogP contribution >= 0.6 is 0 Å². The highest BCUT2D eigenvalue weighted by Crippen LogP contribution is 2.35. The Morgan fingerprint density at radius 1 is 1.32 bits per heavy atom. The summed E-state index contributed by atoms with van der Waals surface area (Å²) in [5.41, 5.74) is 0.0215. The third-order valence-electron chi connectivity index (χ3n) is 3.79. The van der Waals surface area contributed by atoms with Gasteiger partial charge in [0.25, 0.3) is 0 Å². The van der Waals surface area contributed by atoms with Gasteiger partial charge in [0, 0.05) is 6.92 Å². The molecule has 1 unspecified atom stereocenters. The van der Waals surface area contributed by atoms with Crippen LogP contribution in [-0.2, 0) is 14.3 Å². The molecular formula is C15H25NO3.